The molecule has 1 heterocycles. The van der Waals surface area contributed by atoms with Gasteiger partial charge in [0.1, 0.15) is 11.5 Å². The van der Waals surface area contributed by atoms with Crippen LogP contribution in [0.1, 0.15) is 31.7 Å². The van der Waals surface area contributed by atoms with Crippen molar-refractivity contribution in [3.05, 3.63) is 23.8 Å². The number of unbranched alkanes of at least 4 members (excludes halogenated alkanes) is 1. The van der Waals surface area contributed by atoms with Crippen LogP contribution in [0.15, 0.2) is 18.2 Å². The Morgan fingerprint density at radius 2 is 2.11 bits per heavy atom. The van der Waals surface area contributed by atoms with Crippen LogP contribution in [0.3, 0.4) is 0 Å². The molecule has 1 fully saturated rings. The van der Waals surface area contributed by atoms with E-state index in [0.717, 1.165) is 30.7 Å². The molecule has 0 saturated carbocycles. The summed E-state index contributed by atoms with van der Waals surface area (Å²) >= 11 is 0. The molecule has 0 aliphatic carbocycles. The third kappa shape index (κ3) is 5.60. The summed E-state index contributed by atoms with van der Waals surface area (Å²) in [7, 11) is 5.03. The van der Waals surface area contributed by atoms with Crippen molar-refractivity contribution >= 4 is 11.8 Å². The van der Waals surface area contributed by atoms with Crippen LogP contribution in [0.25, 0.3) is 0 Å². The van der Waals surface area contributed by atoms with Gasteiger partial charge in [-0.15, -0.1) is 0 Å². The highest BCUT2D eigenvalue weighted by Crippen LogP contribution is 2.27. The van der Waals surface area contributed by atoms with E-state index in [1.165, 1.54) is 0 Å². The number of nitrogens with zero attached hydrogens (tertiary/aromatic N) is 2. The summed E-state index contributed by atoms with van der Waals surface area (Å²) < 4.78 is 10.7. The lowest BCUT2D eigenvalue weighted by atomic mass is 10.1. The molecule has 0 unspecified atom stereocenters. The summed E-state index contributed by atoms with van der Waals surface area (Å²) in [6, 6.07) is 5.18. The minimum Gasteiger partial charge on any atom is -0.497 e. The molecular weight excluding hydrogens is 346 g/mol. The standard InChI is InChI=1S/C20H31N3O4/c1-5-6-10-22(2)19(24)13-17-20(25)21-9-11-23(17)14-15-7-8-16(26-3)12-18(15)27-4/h7-8,12,17H,5-6,9-11,13-14H2,1-4H3,(H,21,25)/t17-/m0/s1. The van der Waals surface area contributed by atoms with Crippen LogP contribution in [0, 0.1) is 0 Å². The average molecular weight is 377 g/mol. The smallest absolute Gasteiger partial charge is 0.237 e. The summed E-state index contributed by atoms with van der Waals surface area (Å²) in [5.41, 5.74) is 0.963. The number of hydrogen-bond donors (Lipinski definition) is 1. The Morgan fingerprint density at radius 1 is 1.33 bits per heavy atom. The lowest BCUT2D eigenvalue weighted by Crippen LogP contribution is -2.56. The molecule has 1 aromatic rings. The monoisotopic (exact) mass is 377 g/mol. The highest BCUT2D eigenvalue weighted by molar-refractivity contribution is 5.88. The molecule has 1 saturated heterocycles. The lowest BCUT2D eigenvalue weighted by molar-refractivity contribution is -0.138. The molecule has 1 aliphatic heterocycles. The van der Waals surface area contributed by atoms with E-state index in [9.17, 15) is 9.59 Å². The quantitative estimate of drug-likeness (QED) is 0.709. The predicted octanol–water partition coefficient (Wildman–Crippen LogP) is 1.65. The van der Waals surface area contributed by atoms with E-state index in [1.54, 1.807) is 26.2 Å². The number of ether oxygens (including phenoxy) is 2. The van der Waals surface area contributed by atoms with Gasteiger partial charge in [-0.25, -0.2) is 0 Å². The third-order valence-electron chi connectivity index (χ3n) is 4.95. The SMILES string of the molecule is CCCCN(C)C(=O)C[C@H]1C(=O)NCCN1Cc1ccc(OC)cc1OC. The van der Waals surface area contributed by atoms with E-state index < -0.39 is 6.04 Å². The zero-order valence-corrected chi connectivity index (χ0v) is 16.8. The Morgan fingerprint density at radius 3 is 2.78 bits per heavy atom. The van der Waals surface area contributed by atoms with Crippen molar-refractivity contribution < 1.29 is 19.1 Å². The molecule has 7 nitrogen and oxygen atoms in total. The molecule has 1 atom stereocenters. The van der Waals surface area contributed by atoms with Crippen molar-refractivity contribution in [1.82, 2.24) is 15.1 Å². The van der Waals surface area contributed by atoms with Gasteiger partial charge >= 0.3 is 0 Å². The molecule has 0 aromatic heterocycles. The van der Waals surface area contributed by atoms with Crippen LogP contribution in [0.4, 0.5) is 0 Å². The molecule has 7 heteroatoms. The maximum atomic E-state index is 12.5. The Labute approximate surface area is 161 Å². The fraction of sp³-hybridized carbons (Fsp3) is 0.600. The van der Waals surface area contributed by atoms with Gasteiger partial charge < -0.3 is 19.7 Å². The van der Waals surface area contributed by atoms with E-state index in [-0.39, 0.29) is 18.2 Å². The van der Waals surface area contributed by atoms with E-state index in [4.69, 9.17) is 9.47 Å². The number of benzene rings is 1. The molecule has 2 rings (SSSR count). The van der Waals surface area contributed by atoms with Gasteiger partial charge in [0.15, 0.2) is 0 Å². The van der Waals surface area contributed by atoms with Crippen molar-refractivity contribution in [2.75, 3.05) is 40.9 Å². The fourth-order valence-corrected chi connectivity index (χ4v) is 3.22. The Kier molecular flexibility index (Phi) is 7.91. The predicted molar refractivity (Wildman–Crippen MR) is 104 cm³/mol. The van der Waals surface area contributed by atoms with Crippen LogP contribution in [-0.2, 0) is 16.1 Å². The highest BCUT2D eigenvalue weighted by Gasteiger charge is 2.32. The highest BCUT2D eigenvalue weighted by atomic mass is 16.5. The molecule has 27 heavy (non-hydrogen) atoms. The molecule has 150 valence electrons. The largest absolute Gasteiger partial charge is 0.497 e. The molecule has 0 spiro atoms. The maximum Gasteiger partial charge on any atom is 0.237 e. The van der Waals surface area contributed by atoms with Gasteiger partial charge in [-0.05, 0) is 12.5 Å². The van der Waals surface area contributed by atoms with E-state index in [2.05, 4.69) is 17.1 Å². The van der Waals surface area contributed by atoms with Crippen molar-refractivity contribution in [1.29, 1.82) is 0 Å². The van der Waals surface area contributed by atoms with Gasteiger partial charge in [-0.3, -0.25) is 14.5 Å². The first-order chi connectivity index (χ1) is 13.0. The maximum absolute atomic E-state index is 12.5. The first-order valence-electron chi connectivity index (χ1n) is 9.46. The number of nitrogens with one attached hydrogen (secondary N) is 1. The first-order valence-corrected chi connectivity index (χ1v) is 9.46. The first kappa shape index (κ1) is 21.0. The Bertz CT molecular complexity index is 650. The second-order valence-electron chi connectivity index (χ2n) is 6.83. The zero-order chi connectivity index (χ0) is 19.8. The number of carbonyl (C=O) groups is 2. The van der Waals surface area contributed by atoms with Gasteiger partial charge in [0.2, 0.25) is 11.8 Å². The average Bonchev–Trinajstić information content (AvgIpc) is 2.68. The second kappa shape index (κ2) is 10.2. The van der Waals surface area contributed by atoms with Crippen LogP contribution >= 0.6 is 0 Å². The van der Waals surface area contributed by atoms with E-state index >= 15 is 0 Å². The van der Waals surface area contributed by atoms with Gasteiger partial charge in [0, 0.05) is 44.9 Å². The minimum absolute atomic E-state index is 0.00260. The molecule has 0 radical (unpaired) electrons. The van der Waals surface area contributed by atoms with Crippen LogP contribution in [0.2, 0.25) is 0 Å². The second-order valence-corrected chi connectivity index (χ2v) is 6.83. The Balaban J connectivity index is 2.11. The number of methoxy groups -OCH3 is 2. The third-order valence-corrected chi connectivity index (χ3v) is 4.95. The fourth-order valence-electron chi connectivity index (χ4n) is 3.22. The van der Waals surface area contributed by atoms with Crippen molar-refractivity contribution in [2.45, 2.75) is 38.8 Å². The molecule has 1 aromatic carbocycles. The van der Waals surface area contributed by atoms with Crippen molar-refractivity contribution in [3.63, 3.8) is 0 Å². The number of piperazine rings is 1. The summed E-state index contributed by atoms with van der Waals surface area (Å²) in [6.45, 7) is 4.62. The van der Waals surface area contributed by atoms with E-state index in [0.29, 0.717) is 25.4 Å². The number of hydrogen-bond acceptors (Lipinski definition) is 5. The van der Waals surface area contributed by atoms with E-state index in [1.807, 2.05) is 18.2 Å². The van der Waals surface area contributed by atoms with Crippen LogP contribution in [0.5, 0.6) is 11.5 Å². The van der Waals surface area contributed by atoms with Crippen LogP contribution in [-0.4, -0.2) is 68.6 Å². The van der Waals surface area contributed by atoms with Gasteiger partial charge in [-0.1, -0.05) is 19.4 Å². The van der Waals surface area contributed by atoms with Crippen molar-refractivity contribution in [2.24, 2.45) is 0 Å². The normalized spacial score (nSPS) is 17.3. The minimum atomic E-state index is -0.470. The molecule has 1 N–H and O–H groups in total. The molecule has 1 aliphatic rings. The Hall–Kier alpha value is -2.28. The molecule has 2 amide bonds. The van der Waals surface area contributed by atoms with Gasteiger partial charge in [0.25, 0.3) is 0 Å². The summed E-state index contributed by atoms with van der Waals surface area (Å²) in [6.07, 6.45) is 2.18. The topological polar surface area (TPSA) is 71.1 Å². The van der Waals surface area contributed by atoms with Gasteiger partial charge in [-0.2, -0.15) is 0 Å². The van der Waals surface area contributed by atoms with Gasteiger partial charge in [0.05, 0.1) is 26.7 Å². The number of carbonyl (C=O) groups excluding carboxylic acids is 2. The molecular formula is C20H31N3O4. The summed E-state index contributed by atoms with van der Waals surface area (Å²) in [4.78, 5) is 28.8. The summed E-state index contributed by atoms with van der Waals surface area (Å²) in [5, 5.41) is 2.88. The summed E-state index contributed by atoms with van der Waals surface area (Å²) in [5.74, 6) is 1.34. The lowest BCUT2D eigenvalue weighted by Gasteiger charge is -2.35. The molecule has 0 bridgehead atoms. The zero-order valence-electron chi connectivity index (χ0n) is 16.8. The number of rotatable bonds is 9. The number of amides is 2. The van der Waals surface area contributed by atoms with Crippen molar-refractivity contribution in [3.8, 4) is 11.5 Å². The van der Waals surface area contributed by atoms with Crippen LogP contribution < -0.4 is 14.8 Å².